The number of nitrogens with zero attached hydrogens (tertiary/aromatic N) is 4. The normalized spacial score (nSPS) is 20.8. The van der Waals surface area contributed by atoms with Crippen molar-refractivity contribution in [1.29, 1.82) is 0 Å². The number of anilines is 1. The van der Waals surface area contributed by atoms with Gasteiger partial charge in [0.2, 0.25) is 0 Å². The number of aryl methyl sites for hydroxylation is 1. The number of nitrogens with one attached hydrogen (secondary N) is 1. The molecule has 3 aromatic heterocycles. The number of hydrogen-bond acceptors (Lipinski definition) is 5. The van der Waals surface area contributed by atoms with E-state index in [0.717, 1.165) is 28.9 Å². The average molecular weight is 340 g/mol. The number of aliphatic carboxylic acids is 1. The van der Waals surface area contributed by atoms with Crippen molar-refractivity contribution < 1.29 is 9.90 Å². The Balaban J connectivity index is 1.70. The van der Waals surface area contributed by atoms with E-state index in [4.69, 9.17) is 15.8 Å². The van der Waals surface area contributed by atoms with Gasteiger partial charge in [0.05, 0.1) is 11.9 Å². The molecule has 0 aromatic carbocycles. The van der Waals surface area contributed by atoms with Gasteiger partial charge in [-0.2, -0.15) is 9.61 Å². The standard InChI is InChI=1S/C17H20N6O2/c1-22-5-4-11(9-22)12-8-20-23-15(18)6-14(21-16(12)23)10-2-3-13(17(24)25)19-7-10/h4-6,8-10,13,19H,2-3,7,18H2,1H3,(H,24,25). The van der Waals surface area contributed by atoms with Crippen LogP contribution in [-0.4, -0.2) is 42.8 Å². The van der Waals surface area contributed by atoms with Crippen LogP contribution in [-0.2, 0) is 11.8 Å². The molecule has 3 aromatic rings. The third-order valence-corrected chi connectivity index (χ3v) is 4.79. The van der Waals surface area contributed by atoms with Gasteiger partial charge in [0.25, 0.3) is 0 Å². The Morgan fingerprint density at radius 2 is 2.28 bits per heavy atom. The highest BCUT2D eigenvalue weighted by Gasteiger charge is 2.27. The maximum Gasteiger partial charge on any atom is 0.320 e. The number of fused-ring (bicyclic) bond motifs is 1. The lowest BCUT2D eigenvalue weighted by atomic mass is 9.92. The zero-order chi connectivity index (χ0) is 17.6. The predicted molar refractivity (Wildman–Crippen MR) is 93.2 cm³/mol. The van der Waals surface area contributed by atoms with Crippen molar-refractivity contribution in [3.8, 4) is 11.1 Å². The van der Waals surface area contributed by atoms with Crippen molar-refractivity contribution in [3.63, 3.8) is 0 Å². The van der Waals surface area contributed by atoms with E-state index in [9.17, 15) is 4.79 Å². The number of carboxylic acid groups (broad SMARTS) is 1. The number of nitrogen functional groups attached to an aromatic ring is 1. The molecule has 2 unspecified atom stereocenters. The Labute approximate surface area is 144 Å². The molecule has 25 heavy (non-hydrogen) atoms. The molecule has 1 aliphatic rings. The Kier molecular flexibility index (Phi) is 3.69. The van der Waals surface area contributed by atoms with Gasteiger partial charge in [-0.1, -0.05) is 0 Å². The van der Waals surface area contributed by atoms with Gasteiger partial charge in [0, 0.05) is 49.1 Å². The first-order chi connectivity index (χ1) is 12.0. The molecule has 0 radical (unpaired) electrons. The summed E-state index contributed by atoms with van der Waals surface area (Å²) in [6.07, 6.45) is 7.11. The first-order valence-electron chi connectivity index (χ1n) is 8.25. The van der Waals surface area contributed by atoms with Crippen molar-refractivity contribution in [2.24, 2.45) is 7.05 Å². The highest BCUT2D eigenvalue weighted by Crippen LogP contribution is 2.29. The fourth-order valence-corrected chi connectivity index (χ4v) is 3.40. The third kappa shape index (κ3) is 2.74. The van der Waals surface area contributed by atoms with Crippen LogP contribution in [0.1, 0.15) is 24.5 Å². The van der Waals surface area contributed by atoms with Gasteiger partial charge in [-0.3, -0.25) is 4.79 Å². The number of carboxylic acids is 1. The first-order valence-corrected chi connectivity index (χ1v) is 8.25. The summed E-state index contributed by atoms with van der Waals surface area (Å²) in [5, 5.41) is 16.5. The van der Waals surface area contributed by atoms with Crippen LogP contribution in [0.25, 0.3) is 16.8 Å². The summed E-state index contributed by atoms with van der Waals surface area (Å²) in [4.78, 5) is 15.9. The van der Waals surface area contributed by atoms with Crippen molar-refractivity contribution in [2.75, 3.05) is 12.3 Å². The van der Waals surface area contributed by atoms with E-state index in [1.165, 1.54) is 0 Å². The SMILES string of the molecule is Cn1ccc(-c2cnn3c(N)cc(C4CCC(C(=O)O)NC4)nc23)c1. The van der Waals surface area contributed by atoms with E-state index in [1.807, 2.05) is 36.1 Å². The van der Waals surface area contributed by atoms with Crippen LogP contribution in [0, 0.1) is 0 Å². The summed E-state index contributed by atoms with van der Waals surface area (Å²) in [7, 11) is 1.97. The minimum Gasteiger partial charge on any atom is -0.480 e. The summed E-state index contributed by atoms with van der Waals surface area (Å²) in [6, 6.07) is 3.37. The van der Waals surface area contributed by atoms with Gasteiger partial charge in [-0.25, -0.2) is 4.98 Å². The third-order valence-electron chi connectivity index (χ3n) is 4.79. The topological polar surface area (TPSA) is 110 Å². The van der Waals surface area contributed by atoms with Gasteiger partial charge >= 0.3 is 5.97 Å². The summed E-state index contributed by atoms with van der Waals surface area (Å²) in [5.41, 5.74) is 9.74. The second-order valence-corrected chi connectivity index (χ2v) is 6.54. The van der Waals surface area contributed by atoms with Crippen molar-refractivity contribution >= 4 is 17.4 Å². The molecule has 1 aliphatic heterocycles. The number of piperidine rings is 1. The monoisotopic (exact) mass is 340 g/mol. The quantitative estimate of drug-likeness (QED) is 0.661. The maximum absolute atomic E-state index is 11.1. The lowest BCUT2D eigenvalue weighted by molar-refractivity contribution is -0.140. The molecule has 0 bridgehead atoms. The lowest BCUT2D eigenvalue weighted by Crippen LogP contribution is -2.43. The van der Waals surface area contributed by atoms with Crippen molar-refractivity contribution in [3.05, 3.63) is 36.4 Å². The highest BCUT2D eigenvalue weighted by atomic mass is 16.4. The van der Waals surface area contributed by atoms with Crippen LogP contribution >= 0.6 is 0 Å². The second kappa shape index (κ2) is 5.89. The summed E-state index contributed by atoms with van der Waals surface area (Å²) in [6.45, 7) is 0.578. The number of aromatic nitrogens is 4. The summed E-state index contributed by atoms with van der Waals surface area (Å²) in [5.74, 6) is -0.132. The van der Waals surface area contributed by atoms with E-state index < -0.39 is 12.0 Å². The van der Waals surface area contributed by atoms with Crippen LogP contribution in [0.5, 0.6) is 0 Å². The van der Waals surface area contributed by atoms with Gasteiger partial charge in [0.1, 0.15) is 11.9 Å². The lowest BCUT2D eigenvalue weighted by Gasteiger charge is -2.27. The molecule has 4 heterocycles. The summed E-state index contributed by atoms with van der Waals surface area (Å²) >= 11 is 0. The molecule has 0 aliphatic carbocycles. The molecule has 130 valence electrons. The van der Waals surface area contributed by atoms with Crippen molar-refractivity contribution in [1.82, 2.24) is 24.5 Å². The number of rotatable bonds is 3. The largest absolute Gasteiger partial charge is 0.480 e. The van der Waals surface area contributed by atoms with E-state index in [0.29, 0.717) is 18.8 Å². The van der Waals surface area contributed by atoms with Gasteiger partial charge < -0.3 is 20.7 Å². The predicted octanol–water partition coefficient (Wildman–Crippen LogP) is 1.24. The molecule has 2 atom stereocenters. The van der Waals surface area contributed by atoms with Gasteiger partial charge in [0.15, 0.2) is 5.65 Å². The second-order valence-electron chi connectivity index (χ2n) is 6.54. The van der Waals surface area contributed by atoms with Crippen molar-refractivity contribution in [2.45, 2.75) is 24.8 Å². The van der Waals surface area contributed by atoms with Crippen LogP contribution in [0.3, 0.4) is 0 Å². The molecule has 4 rings (SSSR count). The maximum atomic E-state index is 11.1. The molecule has 8 heteroatoms. The first kappa shape index (κ1) is 15.6. The molecule has 1 saturated heterocycles. The number of nitrogens with two attached hydrogens (primary N) is 1. The molecule has 0 amide bonds. The smallest absolute Gasteiger partial charge is 0.320 e. The van der Waals surface area contributed by atoms with E-state index in [-0.39, 0.29) is 5.92 Å². The average Bonchev–Trinajstić information content (AvgIpc) is 3.21. The Morgan fingerprint density at radius 1 is 1.44 bits per heavy atom. The molecular weight excluding hydrogens is 320 g/mol. The van der Waals surface area contributed by atoms with Crippen LogP contribution in [0.15, 0.2) is 30.7 Å². The zero-order valence-corrected chi connectivity index (χ0v) is 13.9. The fraction of sp³-hybridized carbons (Fsp3) is 0.353. The fourth-order valence-electron chi connectivity index (χ4n) is 3.40. The minimum atomic E-state index is -0.802. The Hall–Kier alpha value is -2.87. The molecule has 4 N–H and O–H groups in total. The Morgan fingerprint density at radius 3 is 2.92 bits per heavy atom. The minimum absolute atomic E-state index is 0.140. The zero-order valence-electron chi connectivity index (χ0n) is 13.9. The van der Waals surface area contributed by atoms with Crippen LogP contribution < -0.4 is 11.1 Å². The molecule has 0 saturated carbocycles. The highest BCUT2D eigenvalue weighted by molar-refractivity contribution is 5.78. The molecule has 1 fully saturated rings. The summed E-state index contributed by atoms with van der Waals surface area (Å²) < 4.78 is 3.62. The molecule has 0 spiro atoms. The van der Waals surface area contributed by atoms with E-state index >= 15 is 0 Å². The molecular formula is C17H20N6O2. The van der Waals surface area contributed by atoms with Gasteiger partial charge in [-0.15, -0.1) is 0 Å². The number of carbonyl (C=O) groups is 1. The Bertz CT molecular complexity index is 936. The van der Waals surface area contributed by atoms with Crippen LogP contribution in [0.4, 0.5) is 5.82 Å². The van der Waals surface area contributed by atoms with Crippen LogP contribution in [0.2, 0.25) is 0 Å². The van der Waals surface area contributed by atoms with Gasteiger partial charge in [-0.05, 0) is 18.9 Å². The van der Waals surface area contributed by atoms with E-state index in [2.05, 4.69) is 10.4 Å². The number of hydrogen-bond donors (Lipinski definition) is 3. The molecule has 8 nitrogen and oxygen atoms in total. The van der Waals surface area contributed by atoms with E-state index in [1.54, 1.807) is 10.7 Å².